The highest BCUT2D eigenvalue weighted by atomic mass is 32.1. The van der Waals surface area contributed by atoms with Gasteiger partial charge in [0.15, 0.2) is 0 Å². The first-order chi connectivity index (χ1) is 9.00. The van der Waals surface area contributed by atoms with Crippen LogP contribution in [0.4, 0.5) is 0 Å². The van der Waals surface area contributed by atoms with Crippen molar-refractivity contribution in [1.82, 2.24) is 4.90 Å². The van der Waals surface area contributed by atoms with Gasteiger partial charge in [-0.25, -0.2) is 0 Å². The minimum Gasteiger partial charge on any atom is -0.384 e. The number of hydrogen-bond acceptors (Lipinski definition) is 4. The molecule has 1 atom stereocenters. The van der Waals surface area contributed by atoms with Gasteiger partial charge in [-0.1, -0.05) is 11.8 Å². The Morgan fingerprint density at radius 2 is 2.37 bits per heavy atom. The van der Waals surface area contributed by atoms with E-state index in [-0.39, 0.29) is 18.3 Å². The summed E-state index contributed by atoms with van der Waals surface area (Å²) in [5.41, 5.74) is 0.947. The maximum Gasteiger partial charge on any atom is 0.104 e. The first-order valence-electron chi connectivity index (χ1n) is 6.56. The lowest BCUT2D eigenvalue weighted by Gasteiger charge is -2.41. The van der Waals surface area contributed by atoms with Gasteiger partial charge in [0.2, 0.25) is 0 Å². The van der Waals surface area contributed by atoms with Crippen LogP contribution in [0.25, 0.3) is 0 Å². The third-order valence-corrected chi connectivity index (χ3v) is 3.96. The zero-order chi connectivity index (χ0) is 13.9. The molecule has 0 aromatic carbocycles. The van der Waals surface area contributed by atoms with Crippen LogP contribution in [0.3, 0.4) is 0 Å². The van der Waals surface area contributed by atoms with Crippen LogP contribution in [0.5, 0.6) is 0 Å². The molecule has 1 aromatic rings. The largest absolute Gasteiger partial charge is 0.384 e. The van der Waals surface area contributed by atoms with E-state index in [0.717, 1.165) is 25.2 Å². The van der Waals surface area contributed by atoms with Gasteiger partial charge in [0, 0.05) is 30.1 Å². The van der Waals surface area contributed by atoms with Crippen molar-refractivity contribution in [1.29, 1.82) is 0 Å². The van der Waals surface area contributed by atoms with Gasteiger partial charge in [-0.3, -0.25) is 4.90 Å². The average molecular weight is 279 g/mol. The van der Waals surface area contributed by atoms with E-state index in [1.54, 1.807) is 11.3 Å². The Morgan fingerprint density at radius 3 is 3.05 bits per heavy atom. The molecular weight excluding hydrogens is 258 g/mol. The third kappa shape index (κ3) is 4.05. The molecule has 0 radical (unpaired) electrons. The van der Waals surface area contributed by atoms with Crippen molar-refractivity contribution in [2.75, 3.05) is 19.7 Å². The Hall–Kier alpha value is -0.860. The van der Waals surface area contributed by atoms with Crippen LogP contribution in [0, 0.1) is 11.8 Å². The average Bonchev–Trinajstić information content (AvgIpc) is 2.71. The summed E-state index contributed by atoms with van der Waals surface area (Å²) in [6, 6.07) is 2.03. The fourth-order valence-corrected chi connectivity index (χ4v) is 3.49. The fourth-order valence-electron chi connectivity index (χ4n) is 2.62. The third-order valence-electron chi connectivity index (χ3n) is 3.05. The van der Waals surface area contributed by atoms with E-state index >= 15 is 0 Å². The molecule has 0 aliphatic carbocycles. The van der Waals surface area contributed by atoms with Gasteiger partial charge in [-0.05, 0) is 32.2 Å². The van der Waals surface area contributed by atoms with Gasteiger partial charge in [-0.15, -0.1) is 11.3 Å². The molecular formula is C15H21NO2S. The monoisotopic (exact) mass is 279 g/mol. The van der Waals surface area contributed by atoms with Crippen LogP contribution >= 0.6 is 11.3 Å². The van der Waals surface area contributed by atoms with Crippen LogP contribution in [0.2, 0.25) is 0 Å². The minimum absolute atomic E-state index is 0.0864. The van der Waals surface area contributed by atoms with Crippen LogP contribution in [0.15, 0.2) is 11.4 Å². The van der Waals surface area contributed by atoms with Crippen molar-refractivity contribution in [3.05, 3.63) is 21.9 Å². The van der Waals surface area contributed by atoms with Gasteiger partial charge in [-0.2, -0.15) is 0 Å². The summed E-state index contributed by atoms with van der Waals surface area (Å²) in [6.45, 7) is 9.10. The summed E-state index contributed by atoms with van der Waals surface area (Å²) in [5.74, 6) is 5.74. The molecule has 19 heavy (non-hydrogen) atoms. The summed E-state index contributed by atoms with van der Waals surface area (Å²) in [6.07, 6.45) is 0.260. The number of rotatable bonds is 2. The standard InChI is InChI=1S/C15H21NO2S/c1-12-9-16(11-15(2,3)18-12)10-14-13(5-4-7-17)6-8-19-14/h6,8,12,17H,7,9-11H2,1-3H3. The summed E-state index contributed by atoms with van der Waals surface area (Å²) >= 11 is 1.73. The topological polar surface area (TPSA) is 32.7 Å². The second kappa shape index (κ2) is 6.06. The lowest BCUT2D eigenvalue weighted by molar-refractivity contribution is -0.130. The van der Waals surface area contributed by atoms with Crippen molar-refractivity contribution < 1.29 is 9.84 Å². The zero-order valence-electron chi connectivity index (χ0n) is 11.8. The molecule has 0 bridgehead atoms. The smallest absolute Gasteiger partial charge is 0.104 e. The Morgan fingerprint density at radius 1 is 1.58 bits per heavy atom. The number of aliphatic hydroxyl groups excluding tert-OH is 1. The summed E-state index contributed by atoms with van der Waals surface area (Å²) < 4.78 is 5.92. The van der Waals surface area contributed by atoms with Crippen LogP contribution in [-0.4, -0.2) is 41.4 Å². The molecule has 1 aliphatic rings. The van der Waals surface area contributed by atoms with Crippen molar-refractivity contribution in [3.8, 4) is 11.8 Å². The number of hydrogen-bond donors (Lipinski definition) is 1. The van der Waals surface area contributed by atoms with E-state index < -0.39 is 0 Å². The van der Waals surface area contributed by atoms with Crippen molar-refractivity contribution in [2.45, 2.75) is 39.0 Å². The summed E-state index contributed by atoms with van der Waals surface area (Å²) in [4.78, 5) is 3.69. The molecule has 0 spiro atoms. The van der Waals surface area contributed by atoms with E-state index in [1.807, 2.05) is 6.07 Å². The van der Waals surface area contributed by atoms with E-state index in [1.165, 1.54) is 4.88 Å². The number of ether oxygens (including phenoxy) is 1. The van der Waals surface area contributed by atoms with Crippen molar-refractivity contribution in [3.63, 3.8) is 0 Å². The second-order valence-electron chi connectivity index (χ2n) is 5.58. The zero-order valence-corrected chi connectivity index (χ0v) is 12.6. The van der Waals surface area contributed by atoms with Gasteiger partial charge in [0.05, 0.1) is 11.7 Å². The Kier molecular flexibility index (Phi) is 4.64. The highest BCUT2D eigenvalue weighted by Crippen LogP contribution is 2.25. The SMILES string of the molecule is CC1CN(Cc2sccc2C#CCO)CC(C)(C)O1. The van der Waals surface area contributed by atoms with Gasteiger partial charge >= 0.3 is 0 Å². The van der Waals surface area contributed by atoms with Crippen LogP contribution in [0.1, 0.15) is 31.2 Å². The molecule has 2 heterocycles. The van der Waals surface area contributed by atoms with Crippen molar-refractivity contribution in [2.24, 2.45) is 0 Å². The predicted molar refractivity (Wildman–Crippen MR) is 78.2 cm³/mol. The highest BCUT2D eigenvalue weighted by molar-refractivity contribution is 7.10. The van der Waals surface area contributed by atoms with Crippen LogP contribution < -0.4 is 0 Å². The second-order valence-corrected chi connectivity index (χ2v) is 6.58. The molecule has 4 heteroatoms. The van der Waals surface area contributed by atoms with E-state index in [4.69, 9.17) is 9.84 Å². The molecule has 1 saturated heterocycles. The normalized spacial score (nSPS) is 22.8. The Bertz CT molecular complexity index is 484. The molecule has 1 fully saturated rings. The van der Waals surface area contributed by atoms with E-state index in [9.17, 15) is 0 Å². The number of nitrogens with zero attached hydrogens (tertiary/aromatic N) is 1. The van der Waals surface area contributed by atoms with E-state index in [2.05, 4.69) is 42.9 Å². The first kappa shape index (κ1) is 14.5. The van der Waals surface area contributed by atoms with Gasteiger partial charge in [0.25, 0.3) is 0 Å². The minimum atomic E-state index is -0.0914. The molecule has 3 nitrogen and oxygen atoms in total. The predicted octanol–water partition coefficient (Wildman–Crippen LogP) is 2.09. The maximum atomic E-state index is 8.78. The summed E-state index contributed by atoms with van der Waals surface area (Å²) in [7, 11) is 0. The van der Waals surface area contributed by atoms with E-state index in [0.29, 0.717) is 0 Å². The van der Waals surface area contributed by atoms with Crippen LogP contribution in [-0.2, 0) is 11.3 Å². The Labute approximate surface area is 119 Å². The number of aliphatic hydroxyl groups is 1. The fraction of sp³-hybridized carbons (Fsp3) is 0.600. The first-order valence-corrected chi connectivity index (χ1v) is 7.44. The summed E-state index contributed by atoms with van der Waals surface area (Å²) in [5, 5.41) is 10.8. The molecule has 0 amide bonds. The van der Waals surface area contributed by atoms with Gasteiger partial charge in [0.1, 0.15) is 6.61 Å². The maximum absolute atomic E-state index is 8.78. The number of thiophene rings is 1. The molecule has 104 valence electrons. The number of morpholine rings is 1. The quantitative estimate of drug-likeness (QED) is 0.842. The lowest BCUT2D eigenvalue weighted by atomic mass is 10.1. The molecule has 0 saturated carbocycles. The van der Waals surface area contributed by atoms with Gasteiger partial charge < -0.3 is 9.84 Å². The Balaban J connectivity index is 2.07. The molecule has 1 aromatic heterocycles. The molecule has 1 aliphatic heterocycles. The molecule has 1 unspecified atom stereocenters. The highest BCUT2D eigenvalue weighted by Gasteiger charge is 2.31. The van der Waals surface area contributed by atoms with Crippen molar-refractivity contribution >= 4 is 11.3 Å². The molecule has 2 rings (SSSR count). The lowest BCUT2D eigenvalue weighted by Crippen LogP contribution is -2.51. The molecule has 1 N–H and O–H groups in total.